The summed E-state index contributed by atoms with van der Waals surface area (Å²) >= 11 is 0. The lowest BCUT2D eigenvalue weighted by atomic mass is 9.85. The summed E-state index contributed by atoms with van der Waals surface area (Å²) < 4.78 is 33.2. The van der Waals surface area contributed by atoms with Gasteiger partial charge in [0, 0.05) is 12.8 Å². The van der Waals surface area contributed by atoms with E-state index < -0.39 is 75.7 Å². The monoisotopic (exact) mass is 830 g/mol. The number of allylic oxidation sites excluding steroid dienone is 8. The summed E-state index contributed by atoms with van der Waals surface area (Å²) in [6.07, 6.45) is 25.1. The fraction of sp³-hybridized carbons (Fsp3) is 0.767. The number of esters is 2. The number of unbranched alkanes of at least 4 members (excludes halogenated alkanes) is 14. The number of hydrogen-bond acceptors (Lipinski definition) is 12. The number of hydrogen-bond donors (Lipinski definition) is 6. The molecule has 1 saturated carbocycles. The van der Waals surface area contributed by atoms with Crippen molar-refractivity contribution < 1.29 is 63.1 Å². The smallest absolute Gasteiger partial charge is 0.462 e. The first-order valence-electron chi connectivity index (χ1n) is 21.4. The molecule has 0 aromatic heterocycles. The van der Waals surface area contributed by atoms with Crippen LogP contribution in [0.5, 0.6) is 0 Å². The maximum Gasteiger partial charge on any atom is 0.472 e. The molecule has 0 aliphatic heterocycles. The second-order valence-electron chi connectivity index (χ2n) is 14.8. The topological polar surface area (TPSA) is 210 Å². The first kappa shape index (κ1) is 52.8. The van der Waals surface area contributed by atoms with E-state index in [4.69, 9.17) is 18.5 Å². The molecule has 6 unspecified atom stereocenters. The van der Waals surface area contributed by atoms with Crippen LogP contribution in [0.25, 0.3) is 0 Å². The van der Waals surface area contributed by atoms with E-state index in [1.165, 1.54) is 44.9 Å². The zero-order chi connectivity index (χ0) is 42.2. The first-order valence-corrected chi connectivity index (χ1v) is 22.9. The number of phosphoric ester groups is 1. The summed E-state index contributed by atoms with van der Waals surface area (Å²) in [7, 11) is -5.12. The van der Waals surface area contributed by atoms with Crippen molar-refractivity contribution in [1.29, 1.82) is 0 Å². The largest absolute Gasteiger partial charge is 0.472 e. The molecule has 0 bridgehead atoms. The van der Waals surface area contributed by atoms with Gasteiger partial charge in [-0.1, -0.05) is 140 Å². The lowest BCUT2D eigenvalue weighted by molar-refractivity contribution is -0.220. The number of carbonyl (C=O) groups excluding carboxylic acids is 2. The summed E-state index contributed by atoms with van der Waals surface area (Å²) in [6.45, 7) is 3.16. The first-order chi connectivity index (χ1) is 27.4. The fourth-order valence-electron chi connectivity index (χ4n) is 6.16. The predicted octanol–water partition coefficient (Wildman–Crippen LogP) is 7.61. The molecule has 0 aromatic rings. The van der Waals surface area contributed by atoms with E-state index in [-0.39, 0.29) is 12.8 Å². The second kappa shape index (κ2) is 33.6. The van der Waals surface area contributed by atoms with Gasteiger partial charge in [-0.2, -0.15) is 0 Å². The maximum atomic E-state index is 12.7. The van der Waals surface area contributed by atoms with E-state index in [1.807, 2.05) is 12.2 Å². The van der Waals surface area contributed by atoms with E-state index in [0.717, 1.165) is 64.2 Å². The molecule has 1 rings (SSSR count). The Hall–Kier alpha value is -2.19. The van der Waals surface area contributed by atoms with E-state index in [9.17, 15) is 44.6 Å². The van der Waals surface area contributed by atoms with Gasteiger partial charge in [-0.25, -0.2) is 4.57 Å². The quantitative estimate of drug-likeness (QED) is 0.0160. The average molecular weight is 831 g/mol. The van der Waals surface area contributed by atoms with Crippen molar-refractivity contribution in [2.75, 3.05) is 13.2 Å². The zero-order valence-electron chi connectivity index (χ0n) is 34.6. The van der Waals surface area contributed by atoms with Gasteiger partial charge >= 0.3 is 19.8 Å². The van der Waals surface area contributed by atoms with Crippen molar-refractivity contribution in [2.45, 2.75) is 198 Å². The third-order valence-corrected chi connectivity index (χ3v) is 10.7. The van der Waals surface area contributed by atoms with Crippen LogP contribution in [0.2, 0.25) is 0 Å². The fourth-order valence-corrected chi connectivity index (χ4v) is 7.13. The van der Waals surface area contributed by atoms with Crippen molar-refractivity contribution >= 4 is 19.8 Å². The number of rotatable bonds is 34. The molecule has 0 amide bonds. The molecule has 13 nitrogen and oxygen atoms in total. The maximum absolute atomic E-state index is 12.7. The normalized spacial score (nSPS) is 23.2. The minimum atomic E-state index is -5.12. The molecule has 1 aliphatic rings. The lowest BCUT2D eigenvalue weighted by Crippen LogP contribution is -2.64. The van der Waals surface area contributed by atoms with Gasteiger partial charge in [0.25, 0.3) is 0 Å². The molecule has 330 valence electrons. The van der Waals surface area contributed by atoms with E-state index in [0.29, 0.717) is 19.3 Å². The Labute approximate surface area is 341 Å². The van der Waals surface area contributed by atoms with Gasteiger partial charge < -0.3 is 39.9 Å². The summed E-state index contributed by atoms with van der Waals surface area (Å²) in [4.78, 5) is 35.4. The Balaban J connectivity index is 2.45. The van der Waals surface area contributed by atoms with Gasteiger partial charge in [0.2, 0.25) is 0 Å². The van der Waals surface area contributed by atoms with Crippen LogP contribution in [-0.2, 0) is 32.7 Å². The van der Waals surface area contributed by atoms with E-state index in [2.05, 4.69) is 50.3 Å². The van der Waals surface area contributed by atoms with Gasteiger partial charge in [0.1, 0.15) is 43.2 Å². The van der Waals surface area contributed by atoms with Crippen LogP contribution >= 0.6 is 7.82 Å². The molecular weight excluding hydrogens is 755 g/mol. The number of ether oxygens (including phenoxy) is 2. The number of aliphatic hydroxyl groups is 5. The van der Waals surface area contributed by atoms with Crippen molar-refractivity contribution in [3.8, 4) is 0 Å². The molecule has 14 heteroatoms. The highest BCUT2D eigenvalue weighted by Crippen LogP contribution is 2.47. The molecule has 0 aromatic carbocycles. The molecular formula is C43H75O13P. The van der Waals surface area contributed by atoms with Crippen LogP contribution in [0.1, 0.15) is 155 Å². The van der Waals surface area contributed by atoms with Gasteiger partial charge in [-0.3, -0.25) is 18.6 Å². The van der Waals surface area contributed by atoms with Crippen LogP contribution in [0, 0.1) is 0 Å². The third kappa shape index (κ3) is 26.5. The van der Waals surface area contributed by atoms with Gasteiger partial charge in [0.15, 0.2) is 6.10 Å². The third-order valence-electron chi connectivity index (χ3n) is 9.67. The molecule has 0 radical (unpaired) electrons. The van der Waals surface area contributed by atoms with E-state index >= 15 is 0 Å². The van der Waals surface area contributed by atoms with Crippen LogP contribution in [-0.4, -0.2) is 98.3 Å². The number of carbonyl (C=O) groups is 2. The van der Waals surface area contributed by atoms with Crippen molar-refractivity contribution in [2.24, 2.45) is 0 Å². The van der Waals surface area contributed by atoms with E-state index in [1.54, 1.807) is 0 Å². The summed E-state index contributed by atoms with van der Waals surface area (Å²) in [5, 5.41) is 49.9. The number of aliphatic hydroxyl groups excluding tert-OH is 5. The van der Waals surface area contributed by atoms with Crippen molar-refractivity contribution in [3.63, 3.8) is 0 Å². The average Bonchev–Trinajstić information content (AvgIpc) is 3.19. The highest BCUT2D eigenvalue weighted by atomic mass is 31.2. The summed E-state index contributed by atoms with van der Waals surface area (Å²) in [5.74, 6) is -1.17. The Bertz CT molecular complexity index is 1190. The minimum absolute atomic E-state index is 0.0827. The molecule has 57 heavy (non-hydrogen) atoms. The van der Waals surface area contributed by atoms with Crippen molar-refractivity contribution in [1.82, 2.24) is 0 Å². The minimum Gasteiger partial charge on any atom is -0.462 e. The van der Waals surface area contributed by atoms with Crippen LogP contribution < -0.4 is 0 Å². The van der Waals surface area contributed by atoms with Crippen LogP contribution in [0.15, 0.2) is 48.6 Å². The van der Waals surface area contributed by atoms with Crippen LogP contribution in [0.4, 0.5) is 0 Å². The Morgan fingerprint density at radius 3 is 1.49 bits per heavy atom. The molecule has 1 aliphatic carbocycles. The van der Waals surface area contributed by atoms with Gasteiger partial charge in [-0.05, 0) is 51.4 Å². The molecule has 0 saturated heterocycles. The Morgan fingerprint density at radius 1 is 0.544 bits per heavy atom. The molecule has 6 N–H and O–H groups in total. The number of phosphoric acid groups is 1. The zero-order valence-corrected chi connectivity index (χ0v) is 35.5. The molecule has 8 atom stereocenters. The van der Waals surface area contributed by atoms with Gasteiger partial charge in [0.05, 0.1) is 6.61 Å². The standard InChI is InChI=1S/C43H75O13P/c1-3-5-7-9-11-12-13-14-15-16-17-18-19-20-21-22-23-24-26-27-29-31-36(44)53-33-35(55-37(45)32-30-28-25-10-8-6-4-2)34-54-57(51,52)56-43-41(49)39(47)38(46)40(48)42(43)50/h15-16,18-19,21-22,24,26,35,38-43,46-50H,3-14,17,20,23,25,27-34H2,1-2H3,(H,51,52)/b16-15+,19-18+,22-21+,26-24+/t35-,38?,39-,40?,41?,42?,43?/m0/s1. The molecule has 0 heterocycles. The Morgan fingerprint density at radius 2 is 0.965 bits per heavy atom. The lowest BCUT2D eigenvalue weighted by Gasteiger charge is -2.41. The summed E-state index contributed by atoms with van der Waals surface area (Å²) in [5.41, 5.74) is 0. The SMILES string of the molecule is CCCCCCCCC/C=C/C/C=C/C/C=C/C/C=C/CCCC(=O)OC[C@@H](COP(=O)(O)OC1C(O)C(O)C(O)[C@H](O)C1O)OC(=O)CCCCCCCCC. The van der Waals surface area contributed by atoms with Crippen molar-refractivity contribution in [3.05, 3.63) is 48.6 Å². The molecule has 1 fully saturated rings. The highest BCUT2D eigenvalue weighted by Gasteiger charge is 2.51. The van der Waals surface area contributed by atoms with Crippen LogP contribution in [0.3, 0.4) is 0 Å². The molecule has 0 spiro atoms. The predicted molar refractivity (Wildman–Crippen MR) is 221 cm³/mol. The second-order valence-corrected chi connectivity index (χ2v) is 16.3. The summed E-state index contributed by atoms with van der Waals surface area (Å²) in [6, 6.07) is 0. The van der Waals surface area contributed by atoms with Gasteiger partial charge in [-0.15, -0.1) is 0 Å². The Kier molecular flexibility index (Phi) is 31.2. The highest BCUT2D eigenvalue weighted by molar-refractivity contribution is 7.47.